The number of nitrogens with one attached hydrogen (secondary N) is 2. The number of benzene rings is 1. The summed E-state index contributed by atoms with van der Waals surface area (Å²) in [5.74, 6) is 0.909. The summed E-state index contributed by atoms with van der Waals surface area (Å²) in [7, 11) is 0. The highest BCUT2D eigenvalue weighted by atomic mass is 35.5. The van der Waals surface area contributed by atoms with E-state index in [0.29, 0.717) is 19.3 Å². The second kappa shape index (κ2) is 6.94. The molecule has 3 aliphatic heterocycles. The maximum Gasteiger partial charge on any atom is 0.224 e. The Balaban J connectivity index is 0.00000182. The van der Waals surface area contributed by atoms with E-state index in [4.69, 9.17) is 10.5 Å². The monoisotopic (exact) mass is 365 g/mol. The highest BCUT2D eigenvalue weighted by molar-refractivity contribution is 5.96. The minimum absolute atomic E-state index is 0. The fraction of sp³-hybridized carbons (Fsp3) is 0.556. The van der Waals surface area contributed by atoms with Crippen LogP contribution in [0.2, 0.25) is 0 Å². The van der Waals surface area contributed by atoms with E-state index in [-0.39, 0.29) is 36.2 Å². The maximum atomic E-state index is 12.6. The molecule has 3 atom stereocenters. The predicted molar refractivity (Wildman–Crippen MR) is 97.5 cm³/mol. The van der Waals surface area contributed by atoms with Crippen molar-refractivity contribution in [3.8, 4) is 5.75 Å². The molecule has 7 heteroatoms. The van der Waals surface area contributed by atoms with Gasteiger partial charge in [0.05, 0.1) is 11.7 Å². The third kappa shape index (κ3) is 3.14. The third-order valence-electron chi connectivity index (χ3n) is 5.34. The van der Waals surface area contributed by atoms with Gasteiger partial charge in [0.15, 0.2) is 5.78 Å². The molecule has 0 bridgehead atoms. The summed E-state index contributed by atoms with van der Waals surface area (Å²) < 4.78 is 6.11. The predicted octanol–water partition coefficient (Wildman–Crippen LogP) is 1.25. The van der Waals surface area contributed by atoms with Crippen molar-refractivity contribution in [3.63, 3.8) is 0 Å². The van der Waals surface area contributed by atoms with Crippen LogP contribution in [-0.2, 0) is 22.4 Å². The Morgan fingerprint density at radius 2 is 2.20 bits per heavy atom. The zero-order valence-corrected chi connectivity index (χ0v) is 15.1. The van der Waals surface area contributed by atoms with E-state index >= 15 is 0 Å². The van der Waals surface area contributed by atoms with Crippen molar-refractivity contribution < 1.29 is 14.3 Å². The number of hydrogen-bond acceptors (Lipinski definition) is 5. The van der Waals surface area contributed by atoms with Crippen LogP contribution in [-0.4, -0.2) is 36.4 Å². The normalized spacial score (nSPS) is 25.3. The molecule has 1 aromatic carbocycles. The van der Waals surface area contributed by atoms with Gasteiger partial charge in [0.25, 0.3) is 0 Å². The topological polar surface area (TPSA) is 93.4 Å². The first-order valence-corrected chi connectivity index (χ1v) is 8.69. The second-order valence-electron chi connectivity index (χ2n) is 7.02. The number of ketones is 1. The quantitative estimate of drug-likeness (QED) is 0.749. The number of fused-ring (bicyclic) bond motifs is 3. The summed E-state index contributed by atoms with van der Waals surface area (Å²) in [6.45, 7) is 2.87. The molecule has 0 aliphatic carbocycles. The average molecular weight is 366 g/mol. The van der Waals surface area contributed by atoms with E-state index < -0.39 is 6.04 Å². The smallest absolute Gasteiger partial charge is 0.224 e. The van der Waals surface area contributed by atoms with Gasteiger partial charge in [-0.1, -0.05) is 6.07 Å². The highest BCUT2D eigenvalue weighted by Gasteiger charge is 2.38. The van der Waals surface area contributed by atoms with Crippen LogP contribution >= 0.6 is 12.4 Å². The lowest BCUT2D eigenvalue weighted by Crippen LogP contribution is -2.51. The van der Waals surface area contributed by atoms with Crippen molar-refractivity contribution in [2.45, 2.75) is 57.2 Å². The van der Waals surface area contributed by atoms with Gasteiger partial charge in [0.2, 0.25) is 5.91 Å². The lowest BCUT2D eigenvalue weighted by molar-refractivity contribution is -0.123. The van der Waals surface area contributed by atoms with Gasteiger partial charge in [-0.25, -0.2) is 0 Å². The molecule has 3 heterocycles. The van der Waals surface area contributed by atoms with Crippen molar-refractivity contribution in [2.24, 2.45) is 5.73 Å². The van der Waals surface area contributed by atoms with E-state index in [1.807, 2.05) is 13.0 Å². The SMILES string of the molecule is Cc1cc2c(c3c1NC(=O)CC3)OC(C(N)C(=O)[C@@H]1CCCN1)C2.Cl. The summed E-state index contributed by atoms with van der Waals surface area (Å²) in [6, 6.07) is 1.29. The Labute approximate surface area is 153 Å². The van der Waals surface area contributed by atoms with Gasteiger partial charge < -0.3 is 21.1 Å². The molecule has 0 radical (unpaired) electrons. The molecular formula is C18H24ClN3O3. The number of halogens is 1. The molecule has 4 N–H and O–H groups in total. The van der Waals surface area contributed by atoms with Gasteiger partial charge in [0.1, 0.15) is 17.9 Å². The number of aryl methyl sites for hydroxylation is 1. The Morgan fingerprint density at radius 1 is 1.40 bits per heavy atom. The van der Waals surface area contributed by atoms with Gasteiger partial charge in [-0.2, -0.15) is 0 Å². The van der Waals surface area contributed by atoms with Crippen LogP contribution in [0.1, 0.15) is 36.0 Å². The van der Waals surface area contributed by atoms with Crippen LogP contribution in [0, 0.1) is 6.92 Å². The summed E-state index contributed by atoms with van der Waals surface area (Å²) >= 11 is 0. The molecule has 0 aromatic heterocycles. The van der Waals surface area contributed by atoms with Gasteiger partial charge >= 0.3 is 0 Å². The van der Waals surface area contributed by atoms with E-state index in [1.54, 1.807) is 0 Å². The number of nitrogens with two attached hydrogens (primary N) is 1. The van der Waals surface area contributed by atoms with E-state index in [0.717, 1.165) is 47.5 Å². The fourth-order valence-corrected chi connectivity index (χ4v) is 4.05. The minimum Gasteiger partial charge on any atom is -0.487 e. The third-order valence-corrected chi connectivity index (χ3v) is 5.34. The standard InChI is InChI=1S/C18H23N3O3.ClH/c1-9-7-10-8-13(15(19)17(23)12-3-2-6-20-12)24-18(10)11-4-5-14(22)21-16(9)11;/h7,12-13,15,20H,2-6,8,19H2,1H3,(H,21,22);1H/t12-,13?,15?;/m0./s1. The number of anilines is 1. The van der Waals surface area contributed by atoms with E-state index in [1.165, 1.54) is 0 Å². The first-order valence-electron chi connectivity index (χ1n) is 8.69. The summed E-state index contributed by atoms with van der Waals surface area (Å²) in [6.07, 6.45) is 3.34. The Kier molecular flexibility index (Phi) is 5.04. The number of amides is 1. The maximum absolute atomic E-state index is 12.6. The fourth-order valence-electron chi connectivity index (χ4n) is 4.05. The van der Waals surface area contributed by atoms with Gasteiger partial charge in [-0.05, 0) is 43.9 Å². The van der Waals surface area contributed by atoms with Crippen LogP contribution in [0.5, 0.6) is 5.75 Å². The summed E-state index contributed by atoms with van der Waals surface area (Å²) in [5.41, 5.74) is 10.3. The number of ether oxygens (including phenoxy) is 1. The molecule has 136 valence electrons. The Hall–Kier alpha value is -1.63. The molecule has 1 saturated heterocycles. The number of Topliss-reactive ketones (excluding diaryl/α,β-unsaturated/α-hetero) is 1. The minimum atomic E-state index is -0.623. The molecule has 6 nitrogen and oxygen atoms in total. The average Bonchev–Trinajstić information content (AvgIpc) is 3.23. The number of carbonyl (C=O) groups excluding carboxylic acids is 2. The zero-order chi connectivity index (χ0) is 16.8. The van der Waals surface area contributed by atoms with Crippen LogP contribution in [0.25, 0.3) is 0 Å². The Morgan fingerprint density at radius 3 is 2.92 bits per heavy atom. The molecule has 0 spiro atoms. The zero-order valence-electron chi connectivity index (χ0n) is 14.3. The van der Waals surface area contributed by atoms with Crippen LogP contribution in [0.15, 0.2) is 6.07 Å². The number of carbonyl (C=O) groups is 2. The molecule has 25 heavy (non-hydrogen) atoms. The molecule has 1 aromatic rings. The molecule has 1 amide bonds. The van der Waals surface area contributed by atoms with Crippen LogP contribution in [0.4, 0.5) is 5.69 Å². The second-order valence-corrected chi connectivity index (χ2v) is 7.02. The van der Waals surface area contributed by atoms with Gasteiger partial charge in [0, 0.05) is 18.4 Å². The highest BCUT2D eigenvalue weighted by Crippen LogP contribution is 2.42. The molecule has 4 rings (SSSR count). The van der Waals surface area contributed by atoms with Crippen molar-refractivity contribution in [1.82, 2.24) is 5.32 Å². The van der Waals surface area contributed by atoms with Crippen LogP contribution in [0.3, 0.4) is 0 Å². The number of rotatable bonds is 3. The first kappa shape index (κ1) is 18.2. The summed E-state index contributed by atoms with van der Waals surface area (Å²) in [5, 5.41) is 6.16. The van der Waals surface area contributed by atoms with Crippen molar-refractivity contribution in [1.29, 1.82) is 0 Å². The van der Waals surface area contributed by atoms with E-state index in [2.05, 4.69) is 10.6 Å². The molecular weight excluding hydrogens is 342 g/mol. The van der Waals surface area contributed by atoms with Crippen LogP contribution < -0.4 is 21.1 Å². The van der Waals surface area contributed by atoms with Crippen molar-refractivity contribution in [2.75, 3.05) is 11.9 Å². The molecule has 1 fully saturated rings. The largest absolute Gasteiger partial charge is 0.487 e. The molecule has 2 unspecified atom stereocenters. The molecule has 0 saturated carbocycles. The molecule has 3 aliphatic rings. The first-order chi connectivity index (χ1) is 11.5. The van der Waals surface area contributed by atoms with E-state index in [9.17, 15) is 9.59 Å². The lowest BCUT2D eigenvalue weighted by atomic mass is 9.93. The van der Waals surface area contributed by atoms with Crippen molar-refractivity contribution >= 4 is 29.8 Å². The van der Waals surface area contributed by atoms with Gasteiger partial charge in [-0.3, -0.25) is 9.59 Å². The summed E-state index contributed by atoms with van der Waals surface area (Å²) in [4.78, 5) is 24.2. The number of hydrogen-bond donors (Lipinski definition) is 3. The van der Waals surface area contributed by atoms with Gasteiger partial charge in [-0.15, -0.1) is 12.4 Å². The lowest BCUT2D eigenvalue weighted by Gasteiger charge is -2.23. The Bertz CT molecular complexity index is 716. The van der Waals surface area contributed by atoms with Crippen molar-refractivity contribution in [3.05, 3.63) is 22.8 Å².